The molecule has 0 unspecified atom stereocenters. The zero-order chi connectivity index (χ0) is 24.8. The summed E-state index contributed by atoms with van der Waals surface area (Å²) in [5.41, 5.74) is 0.402. The Morgan fingerprint density at radius 1 is 1.09 bits per heavy atom. The quantitative estimate of drug-likeness (QED) is 0.454. The molecule has 1 aliphatic heterocycles. The maximum atomic E-state index is 13.2. The van der Waals surface area contributed by atoms with Crippen molar-refractivity contribution in [3.63, 3.8) is 0 Å². The van der Waals surface area contributed by atoms with Crippen LogP contribution >= 0.6 is 11.6 Å². The number of anilines is 1. The minimum Gasteiger partial charge on any atom is -0.341 e. The van der Waals surface area contributed by atoms with Crippen molar-refractivity contribution < 1.29 is 19.3 Å². The van der Waals surface area contributed by atoms with Gasteiger partial charge in [0, 0.05) is 36.3 Å². The molecule has 2 N–H and O–H groups in total. The van der Waals surface area contributed by atoms with Crippen LogP contribution in [-0.2, 0) is 9.59 Å². The van der Waals surface area contributed by atoms with E-state index in [0.717, 1.165) is 11.8 Å². The zero-order valence-corrected chi connectivity index (χ0v) is 19.7. The molecule has 0 saturated carbocycles. The third-order valence-electron chi connectivity index (χ3n) is 5.84. The molecule has 0 aromatic heterocycles. The van der Waals surface area contributed by atoms with Gasteiger partial charge in [0.2, 0.25) is 11.8 Å². The summed E-state index contributed by atoms with van der Waals surface area (Å²) in [6, 6.07) is 12.2. The summed E-state index contributed by atoms with van der Waals surface area (Å²) in [7, 11) is 0. The number of likely N-dealkylation sites (tertiary alicyclic amines) is 1. The number of hydrogen-bond acceptors (Lipinski definition) is 5. The summed E-state index contributed by atoms with van der Waals surface area (Å²) in [5.74, 6) is -1.32. The number of nitro benzene ring substituents is 1. The minimum absolute atomic E-state index is 0.0471. The Hall–Kier alpha value is -3.46. The lowest BCUT2D eigenvalue weighted by Gasteiger charge is -2.35. The van der Waals surface area contributed by atoms with Crippen LogP contribution in [0.3, 0.4) is 0 Å². The largest absolute Gasteiger partial charge is 0.341 e. The van der Waals surface area contributed by atoms with Gasteiger partial charge < -0.3 is 15.5 Å². The summed E-state index contributed by atoms with van der Waals surface area (Å²) in [4.78, 5) is 50.6. The predicted molar refractivity (Wildman–Crippen MR) is 129 cm³/mol. The third kappa shape index (κ3) is 6.11. The van der Waals surface area contributed by atoms with Crippen molar-refractivity contribution in [2.75, 3.05) is 18.4 Å². The standard InChI is InChI=1S/C24H27ClN4O5/c1-15(2)21(27-23(31)17-8-9-19(25)20(14-17)29(33)34)24(32)28-12-10-16(11-13-28)22(30)26-18-6-4-3-5-7-18/h3-9,14-16,21H,10-13H2,1-2H3,(H,26,30)(H,27,31)/t21-/m0/s1. The second-order valence-corrected chi connectivity index (χ2v) is 8.98. The highest BCUT2D eigenvalue weighted by Gasteiger charge is 2.33. The fourth-order valence-corrected chi connectivity index (χ4v) is 4.04. The molecule has 0 spiro atoms. The first-order valence-electron chi connectivity index (χ1n) is 11.1. The van der Waals surface area contributed by atoms with Gasteiger partial charge in [0.05, 0.1) is 4.92 Å². The second kappa shape index (κ2) is 11.1. The molecular formula is C24H27ClN4O5. The number of para-hydroxylation sites is 1. The monoisotopic (exact) mass is 486 g/mol. The van der Waals surface area contributed by atoms with E-state index in [1.54, 1.807) is 4.90 Å². The number of benzene rings is 2. The van der Waals surface area contributed by atoms with Crippen molar-refractivity contribution in [2.24, 2.45) is 11.8 Å². The SMILES string of the molecule is CC(C)[C@H](NC(=O)c1ccc(Cl)c([N+](=O)[O-])c1)C(=O)N1CCC(C(=O)Nc2ccccc2)CC1. The van der Waals surface area contributed by atoms with Crippen LogP contribution < -0.4 is 10.6 Å². The predicted octanol–water partition coefficient (Wildman–Crippen LogP) is 3.88. The van der Waals surface area contributed by atoms with Gasteiger partial charge in [-0.25, -0.2) is 0 Å². The van der Waals surface area contributed by atoms with E-state index in [4.69, 9.17) is 11.6 Å². The van der Waals surface area contributed by atoms with Gasteiger partial charge in [-0.3, -0.25) is 24.5 Å². The lowest BCUT2D eigenvalue weighted by molar-refractivity contribution is -0.384. The second-order valence-electron chi connectivity index (χ2n) is 8.57. The fraction of sp³-hybridized carbons (Fsp3) is 0.375. The maximum absolute atomic E-state index is 13.2. The molecule has 3 amide bonds. The van der Waals surface area contributed by atoms with Gasteiger partial charge in [0.15, 0.2) is 0 Å². The number of rotatable bonds is 7. The molecule has 2 aromatic carbocycles. The van der Waals surface area contributed by atoms with Crippen molar-refractivity contribution in [1.82, 2.24) is 10.2 Å². The number of carbonyl (C=O) groups is 3. The van der Waals surface area contributed by atoms with Gasteiger partial charge in [-0.15, -0.1) is 0 Å². The Balaban J connectivity index is 1.61. The van der Waals surface area contributed by atoms with Crippen LogP contribution in [0.4, 0.5) is 11.4 Å². The highest BCUT2D eigenvalue weighted by molar-refractivity contribution is 6.32. The van der Waals surface area contributed by atoms with Crippen LogP contribution in [0.5, 0.6) is 0 Å². The Labute approximate surface area is 202 Å². The van der Waals surface area contributed by atoms with Crippen molar-refractivity contribution in [2.45, 2.75) is 32.7 Å². The normalized spacial score (nSPS) is 15.0. The Kier molecular flexibility index (Phi) is 8.22. The first-order valence-corrected chi connectivity index (χ1v) is 11.4. The average molecular weight is 487 g/mol. The lowest BCUT2D eigenvalue weighted by atomic mass is 9.94. The molecule has 10 heteroatoms. The molecule has 3 rings (SSSR count). The molecule has 180 valence electrons. The zero-order valence-electron chi connectivity index (χ0n) is 19.0. The number of hydrogen-bond donors (Lipinski definition) is 2. The van der Waals surface area contributed by atoms with E-state index >= 15 is 0 Å². The average Bonchev–Trinajstić information content (AvgIpc) is 2.82. The molecule has 9 nitrogen and oxygen atoms in total. The molecule has 1 heterocycles. The number of nitrogens with one attached hydrogen (secondary N) is 2. The molecule has 34 heavy (non-hydrogen) atoms. The Morgan fingerprint density at radius 2 is 1.74 bits per heavy atom. The summed E-state index contributed by atoms with van der Waals surface area (Å²) in [6.45, 7) is 4.43. The van der Waals surface area contributed by atoms with Crippen LogP contribution in [-0.4, -0.2) is 46.7 Å². The maximum Gasteiger partial charge on any atom is 0.288 e. The number of halogens is 1. The fourth-order valence-electron chi connectivity index (χ4n) is 3.86. The van der Waals surface area contributed by atoms with Crippen molar-refractivity contribution in [1.29, 1.82) is 0 Å². The molecule has 1 atom stereocenters. The summed E-state index contributed by atoms with van der Waals surface area (Å²) in [6.07, 6.45) is 1.04. The molecule has 2 aromatic rings. The van der Waals surface area contributed by atoms with Crippen molar-refractivity contribution in [3.05, 3.63) is 69.2 Å². The van der Waals surface area contributed by atoms with E-state index in [1.165, 1.54) is 12.1 Å². The Morgan fingerprint density at radius 3 is 2.32 bits per heavy atom. The van der Waals surface area contributed by atoms with Crippen LogP contribution in [0, 0.1) is 22.0 Å². The van der Waals surface area contributed by atoms with E-state index in [1.807, 2.05) is 44.2 Å². The van der Waals surface area contributed by atoms with Crippen molar-refractivity contribution >= 4 is 40.7 Å². The summed E-state index contributed by atoms with van der Waals surface area (Å²) < 4.78 is 0. The highest BCUT2D eigenvalue weighted by atomic mass is 35.5. The van der Waals surface area contributed by atoms with Crippen LogP contribution in [0.15, 0.2) is 48.5 Å². The lowest BCUT2D eigenvalue weighted by Crippen LogP contribution is -2.53. The van der Waals surface area contributed by atoms with E-state index in [-0.39, 0.29) is 39.9 Å². The smallest absolute Gasteiger partial charge is 0.288 e. The number of carbonyl (C=O) groups excluding carboxylic acids is 3. The van der Waals surface area contributed by atoms with Gasteiger partial charge in [-0.05, 0) is 43.0 Å². The number of piperidine rings is 1. The van der Waals surface area contributed by atoms with E-state index in [9.17, 15) is 24.5 Å². The molecule has 0 radical (unpaired) electrons. The summed E-state index contributed by atoms with van der Waals surface area (Å²) >= 11 is 5.82. The van der Waals surface area contributed by atoms with Gasteiger partial charge in [-0.2, -0.15) is 0 Å². The first kappa shape index (κ1) is 25.2. The highest BCUT2D eigenvalue weighted by Crippen LogP contribution is 2.25. The minimum atomic E-state index is -0.808. The van der Waals surface area contributed by atoms with Crippen LogP contribution in [0.2, 0.25) is 5.02 Å². The van der Waals surface area contributed by atoms with Gasteiger partial charge >= 0.3 is 0 Å². The molecular weight excluding hydrogens is 460 g/mol. The molecule has 0 aliphatic carbocycles. The van der Waals surface area contributed by atoms with Crippen LogP contribution in [0.25, 0.3) is 0 Å². The molecule has 1 aliphatic rings. The number of nitro groups is 1. The molecule has 1 saturated heterocycles. The topological polar surface area (TPSA) is 122 Å². The van der Waals surface area contributed by atoms with E-state index < -0.39 is 16.9 Å². The summed E-state index contributed by atoms with van der Waals surface area (Å²) in [5, 5.41) is 16.7. The van der Waals surface area contributed by atoms with Gasteiger partial charge in [0.1, 0.15) is 11.1 Å². The molecule has 1 fully saturated rings. The number of nitrogens with zero attached hydrogens (tertiary/aromatic N) is 2. The van der Waals surface area contributed by atoms with Crippen LogP contribution in [0.1, 0.15) is 37.0 Å². The molecule has 0 bridgehead atoms. The third-order valence-corrected chi connectivity index (χ3v) is 6.16. The first-order chi connectivity index (χ1) is 16.2. The van der Waals surface area contributed by atoms with Crippen molar-refractivity contribution in [3.8, 4) is 0 Å². The van der Waals surface area contributed by atoms with E-state index in [2.05, 4.69) is 10.6 Å². The Bertz CT molecular complexity index is 1070. The van der Waals surface area contributed by atoms with E-state index in [0.29, 0.717) is 25.9 Å². The van der Waals surface area contributed by atoms with Gasteiger partial charge in [-0.1, -0.05) is 43.6 Å². The van der Waals surface area contributed by atoms with Gasteiger partial charge in [0.25, 0.3) is 11.6 Å². The number of amides is 3.